The number of imide groups is 1. The molecule has 4 rings (SSSR count). The molecule has 26 heavy (non-hydrogen) atoms. The van der Waals surface area contributed by atoms with Crippen molar-refractivity contribution in [1.29, 1.82) is 0 Å². The molecule has 2 aromatic carbocycles. The maximum absolute atomic E-state index is 13.0. The largest absolute Gasteiger partial charge is 0.310 e. The van der Waals surface area contributed by atoms with Crippen molar-refractivity contribution in [3.05, 3.63) is 59.7 Å². The van der Waals surface area contributed by atoms with Crippen LogP contribution in [0.4, 0.5) is 5.69 Å². The van der Waals surface area contributed by atoms with E-state index in [1.54, 1.807) is 40.9 Å². The first-order chi connectivity index (χ1) is 12.6. The molecule has 2 heterocycles. The van der Waals surface area contributed by atoms with Crippen LogP contribution in [-0.4, -0.2) is 41.0 Å². The number of amides is 3. The predicted molar refractivity (Wildman–Crippen MR) is 101 cm³/mol. The number of hydrogen-bond donors (Lipinski definition) is 0. The van der Waals surface area contributed by atoms with Gasteiger partial charge in [-0.05, 0) is 30.7 Å². The molecule has 0 aromatic heterocycles. The fourth-order valence-corrected chi connectivity index (χ4v) is 4.46. The van der Waals surface area contributed by atoms with Crippen LogP contribution in [0.2, 0.25) is 0 Å². The van der Waals surface area contributed by atoms with Crippen LogP contribution in [0.1, 0.15) is 34.1 Å². The minimum Gasteiger partial charge on any atom is -0.310 e. The van der Waals surface area contributed by atoms with Crippen LogP contribution in [0.25, 0.3) is 0 Å². The van der Waals surface area contributed by atoms with Crippen LogP contribution in [0, 0.1) is 0 Å². The lowest BCUT2D eigenvalue weighted by Gasteiger charge is -2.24. The SMILES string of the molecule is C[C@@H]1CCN(C(=O)CN2C(=O)c3ccccc3C2=O)c2ccccc2S1. The lowest BCUT2D eigenvalue weighted by molar-refractivity contribution is -0.119. The van der Waals surface area contributed by atoms with Gasteiger partial charge in [-0.25, -0.2) is 0 Å². The summed E-state index contributed by atoms with van der Waals surface area (Å²) in [5.41, 5.74) is 1.58. The molecule has 0 radical (unpaired) electrons. The van der Waals surface area contributed by atoms with Gasteiger partial charge in [-0.2, -0.15) is 0 Å². The van der Waals surface area contributed by atoms with Crippen molar-refractivity contribution in [2.45, 2.75) is 23.5 Å². The van der Waals surface area contributed by atoms with Crippen LogP contribution in [-0.2, 0) is 4.79 Å². The highest BCUT2D eigenvalue weighted by Crippen LogP contribution is 2.37. The fourth-order valence-electron chi connectivity index (χ4n) is 3.35. The third-order valence-electron chi connectivity index (χ3n) is 4.72. The lowest BCUT2D eigenvalue weighted by Crippen LogP contribution is -2.43. The Kier molecular flexibility index (Phi) is 4.28. The molecule has 1 atom stereocenters. The zero-order chi connectivity index (χ0) is 18.3. The Morgan fingerprint density at radius 3 is 2.35 bits per heavy atom. The second-order valence-electron chi connectivity index (χ2n) is 6.47. The van der Waals surface area contributed by atoms with Gasteiger partial charge in [0.05, 0.1) is 16.8 Å². The number of nitrogens with zero attached hydrogens (tertiary/aromatic N) is 2. The normalized spacial score (nSPS) is 19.2. The lowest BCUT2D eigenvalue weighted by atomic mass is 10.1. The molecule has 3 amide bonds. The van der Waals surface area contributed by atoms with E-state index in [2.05, 4.69) is 6.92 Å². The number of fused-ring (bicyclic) bond motifs is 2. The number of carbonyl (C=O) groups excluding carboxylic acids is 3. The number of benzene rings is 2. The van der Waals surface area contributed by atoms with Gasteiger partial charge in [0.2, 0.25) is 5.91 Å². The summed E-state index contributed by atoms with van der Waals surface area (Å²) in [6, 6.07) is 14.5. The van der Waals surface area contributed by atoms with Gasteiger partial charge >= 0.3 is 0 Å². The number of carbonyl (C=O) groups is 3. The summed E-state index contributed by atoms with van der Waals surface area (Å²) >= 11 is 1.75. The second-order valence-corrected chi connectivity index (χ2v) is 7.95. The van der Waals surface area contributed by atoms with Gasteiger partial charge in [0.15, 0.2) is 0 Å². The molecule has 0 unspecified atom stereocenters. The summed E-state index contributed by atoms with van der Waals surface area (Å²) in [6.07, 6.45) is 0.854. The topological polar surface area (TPSA) is 57.7 Å². The molecule has 2 aromatic rings. The highest BCUT2D eigenvalue weighted by atomic mass is 32.2. The van der Waals surface area contributed by atoms with E-state index in [4.69, 9.17) is 0 Å². The number of anilines is 1. The van der Waals surface area contributed by atoms with Crippen LogP contribution in [0.5, 0.6) is 0 Å². The Hall–Kier alpha value is -2.60. The van der Waals surface area contributed by atoms with E-state index in [0.29, 0.717) is 22.9 Å². The molecule has 0 fully saturated rings. The number of rotatable bonds is 2. The highest BCUT2D eigenvalue weighted by molar-refractivity contribution is 8.00. The summed E-state index contributed by atoms with van der Waals surface area (Å²) in [6.45, 7) is 2.48. The molecule has 2 aliphatic heterocycles. The number of hydrogen-bond acceptors (Lipinski definition) is 4. The fraction of sp³-hybridized carbons (Fsp3) is 0.250. The number of para-hydroxylation sites is 1. The van der Waals surface area contributed by atoms with Gasteiger partial charge in [0, 0.05) is 16.7 Å². The van der Waals surface area contributed by atoms with E-state index in [1.165, 1.54) is 0 Å². The van der Waals surface area contributed by atoms with Gasteiger partial charge in [-0.3, -0.25) is 19.3 Å². The molecule has 0 saturated heterocycles. The van der Waals surface area contributed by atoms with Crippen LogP contribution < -0.4 is 4.90 Å². The summed E-state index contributed by atoms with van der Waals surface area (Å²) in [4.78, 5) is 41.8. The standard InChI is InChI=1S/C20H18N2O3S/c1-13-10-11-21(16-8-4-5-9-17(16)26-13)18(23)12-22-19(24)14-6-2-3-7-15(14)20(22)25/h2-9,13H,10-12H2,1H3/t13-/m1/s1. The van der Waals surface area contributed by atoms with Gasteiger partial charge in [-0.15, -0.1) is 11.8 Å². The Labute approximate surface area is 156 Å². The molecule has 0 saturated carbocycles. The van der Waals surface area contributed by atoms with Crippen molar-refractivity contribution in [2.75, 3.05) is 18.0 Å². The zero-order valence-corrected chi connectivity index (χ0v) is 15.2. The summed E-state index contributed by atoms with van der Waals surface area (Å²) in [5, 5.41) is 0.397. The second kappa shape index (κ2) is 6.61. The van der Waals surface area contributed by atoms with Crippen molar-refractivity contribution in [2.24, 2.45) is 0 Å². The van der Waals surface area contributed by atoms with E-state index in [1.807, 2.05) is 24.3 Å². The Balaban J connectivity index is 1.60. The average molecular weight is 366 g/mol. The quantitative estimate of drug-likeness (QED) is 0.766. The van der Waals surface area contributed by atoms with E-state index < -0.39 is 11.8 Å². The molecule has 0 aliphatic carbocycles. The van der Waals surface area contributed by atoms with Crippen LogP contribution >= 0.6 is 11.8 Å². The molecule has 6 heteroatoms. The minimum atomic E-state index is -0.398. The van der Waals surface area contributed by atoms with Gasteiger partial charge < -0.3 is 4.90 Å². The Morgan fingerprint density at radius 2 is 1.65 bits per heavy atom. The summed E-state index contributed by atoms with van der Waals surface area (Å²) < 4.78 is 0. The summed E-state index contributed by atoms with van der Waals surface area (Å²) in [5.74, 6) is -1.03. The first-order valence-corrected chi connectivity index (χ1v) is 9.45. The summed E-state index contributed by atoms with van der Waals surface area (Å²) in [7, 11) is 0. The van der Waals surface area contributed by atoms with Crippen molar-refractivity contribution in [1.82, 2.24) is 4.90 Å². The third kappa shape index (κ3) is 2.80. The van der Waals surface area contributed by atoms with E-state index in [9.17, 15) is 14.4 Å². The minimum absolute atomic E-state index is 0.235. The zero-order valence-electron chi connectivity index (χ0n) is 14.3. The van der Waals surface area contributed by atoms with E-state index in [0.717, 1.165) is 21.9 Å². The van der Waals surface area contributed by atoms with Crippen LogP contribution in [0.3, 0.4) is 0 Å². The first-order valence-electron chi connectivity index (χ1n) is 8.57. The van der Waals surface area contributed by atoms with Crippen molar-refractivity contribution >= 4 is 35.2 Å². The van der Waals surface area contributed by atoms with Crippen molar-refractivity contribution < 1.29 is 14.4 Å². The molecular formula is C20H18N2O3S. The van der Waals surface area contributed by atoms with Crippen LogP contribution in [0.15, 0.2) is 53.4 Å². The maximum Gasteiger partial charge on any atom is 0.262 e. The molecule has 2 aliphatic rings. The average Bonchev–Trinajstić information content (AvgIpc) is 2.79. The van der Waals surface area contributed by atoms with Crippen molar-refractivity contribution in [3.63, 3.8) is 0 Å². The Morgan fingerprint density at radius 1 is 1.04 bits per heavy atom. The predicted octanol–water partition coefficient (Wildman–Crippen LogP) is 3.20. The van der Waals surface area contributed by atoms with Gasteiger partial charge in [0.1, 0.15) is 6.54 Å². The first kappa shape index (κ1) is 16.8. The smallest absolute Gasteiger partial charge is 0.262 e. The Bertz CT molecular complexity index is 876. The van der Waals surface area contributed by atoms with Gasteiger partial charge in [0.25, 0.3) is 11.8 Å². The molecule has 132 valence electrons. The van der Waals surface area contributed by atoms with E-state index >= 15 is 0 Å². The highest BCUT2D eigenvalue weighted by Gasteiger charge is 2.37. The third-order valence-corrected chi connectivity index (χ3v) is 5.95. The molecule has 5 nitrogen and oxygen atoms in total. The molecule has 0 N–H and O–H groups in total. The van der Waals surface area contributed by atoms with E-state index in [-0.39, 0.29) is 12.5 Å². The maximum atomic E-state index is 13.0. The van der Waals surface area contributed by atoms with Crippen molar-refractivity contribution in [3.8, 4) is 0 Å². The molecular weight excluding hydrogens is 348 g/mol. The molecule has 0 bridgehead atoms. The molecule has 0 spiro atoms. The van der Waals surface area contributed by atoms with Gasteiger partial charge in [-0.1, -0.05) is 31.2 Å². The number of thioether (sulfide) groups is 1. The monoisotopic (exact) mass is 366 g/mol.